The summed E-state index contributed by atoms with van der Waals surface area (Å²) >= 11 is 0. The van der Waals surface area contributed by atoms with Crippen LogP contribution in [0.1, 0.15) is 54.2 Å². The van der Waals surface area contributed by atoms with E-state index in [9.17, 15) is 4.79 Å². The van der Waals surface area contributed by atoms with Crippen LogP contribution < -0.4 is 11.1 Å². The Morgan fingerprint density at radius 1 is 0.905 bits per heavy atom. The van der Waals surface area contributed by atoms with Crippen molar-refractivity contribution in [3.05, 3.63) is 65.2 Å². The molecule has 2 rings (SSSR count). The summed E-state index contributed by atoms with van der Waals surface area (Å²) in [5.74, 6) is 0.367. The molecule has 2 aromatic carbocycles. The SMILES string of the molecule is CC(C)c1ccc(C(=O)Nc2ccc(C(C)N)cc2)cc1. The molecular formula is C18H22N2O. The quantitative estimate of drug-likeness (QED) is 0.887. The van der Waals surface area contributed by atoms with Crippen LogP contribution in [0.15, 0.2) is 48.5 Å². The van der Waals surface area contributed by atoms with E-state index in [1.165, 1.54) is 5.56 Å². The highest BCUT2D eigenvalue weighted by molar-refractivity contribution is 6.04. The number of rotatable bonds is 4. The van der Waals surface area contributed by atoms with Crippen LogP contribution in [0.3, 0.4) is 0 Å². The maximum absolute atomic E-state index is 12.2. The van der Waals surface area contributed by atoms with Gasteiger partial charge in [0.25, 0.3) is 5.91 Å². The zero-order chi connectivity index (χ0) is 15.4. The van der Waals surface area contributed by atoms with E-state index in [4.69, 9.17) is 5.73 Å². The van der Waals surface area contributed by atoms with Gasteiger partial charge in [-0.1, -0.05) is 38.1 Å². The van der Waals surface area contributed by atoms with Crippen LogP contribution in [0.4, 0.5) is 5.69 Å². The molecule has 21 heavy (non-hydrogen) atoms. The van der Waals surface area contributed by atoms with E-state index in [1.54, 1.807) is 0 Å². The molecule has 3 nitrogen and oxygen atoms in total. The zero-order valence-corrected chi connectivity index (χ0v) is 12.8. The third kappa shape index (κ3) is 3.92. The van der Waals surface area contributed by atoms with Crippen molar-refractivity contribution in [1.29, 1.82) is 0 Å². The minimum Gasteiger partial charge on any atom is -0.324 e. The van der Waals surface area contributed by atoms with E-state index >= 15 is 0 Å². The lowest BCUT2D eigenvalue weighted by molar-refractivity contribution is 0.102. The molecule has 0 aliphatic rings. The predicted molar refractivity (Wildman–Crippen MR) is 87.5 cm³/mol. The number of amides is 1. The second-order valence-electron chi connectivity index (χ2n) is 5.64. The van der Waals surface area contributed by atoms with Gasteiger partial charge in [-0.2, -0.15) is 0 Å². The van der Waals surface area contributed by atoms with Crippen molar-refractivity contribution in [2.75, 3.05) is 5.32 Å². The Morgan fingerprint density at radius 3 is 1.90 bits per heavy atom. The highest BCUT2D eigenvalue weighted by Crippen LogP contribution is 2.17. The first kappa shape index (κ1) is 15.3. The van der Waals surface area contributed by atoms with Crippen molar-refractivity contribution >= 4 is 11.6 Å². The zero-order valence-electron chi connectivity index (χ0n) is 12.8. The van der Waals surface area contributed by atoms with Crippen molar-refractivity contribution in [2.24, 2.45) is 5.73 Å². The summed E-state index contributed by atoms with van der Waals surface area (Å²) in [5, 5.41) is 2.89. The molecule has 0 saturated heterocycles. The van der Waals surface area contributed by atoms with Gasteiger partial charge in [0.15, 0.2) is 0 Å². The van der Waals surface area contributed by atoms with Crippen LogP contribution in [0.5, 0.6) is 0 Å². The molecule has 0 aromatic heterocycles. The summed E-state index contributed by atoms with van der Waals surface area (Å²) in [6, 6.07) is 15.3. The second kappa shape index (κ2) is 6.55. The molecule has 0 spiro atoms. The highest BCUT2D eigenvalue weighted by atomic mass is 16.1. The fraction of sp³-hybridized carbons (Fsp3) is 0.278. The molecule has 0 saturated carbocycles. The van der Waals surface area contributed by atoms with Gasteiger partial charge in [-0.05, 0) is 48.2 Å². The first-order chi connectivity index (χ1) is 9.97. The minimum atomic E-state index is -0.0983. The molecule has 0 aliphatic heterocycles. The third-order valence-electron chi connectivity index (χ3n) is 3.53. The summed E-state index contributed by atoms with van der Waals surface area (Å²) in [7, 11) is 0. The number of hydrogen-bond donors (Lipinski definition) is 2. The van der Waals surface area contributed by atoms with Crippen LogP contribution in [0, 0.1) is 0 Å². The number of carbonyl (C=O) groups is 1. The summed E-state index contributed by atoms with van der Waals surface area (Å²) in [6.07, 6.45) is 0. The van der Waals surface area contributed by atoms with E-state index in [0.717, 1.165) is 11.3 Å². The first-order valence-corrected chi connectivity index (χ1v) is 7.24. The molecule has 1 unspecified atom stereocenters. The predicted octanol–water partition coefficient (Wildman–Crippen LogP) is 4.08. The molecule has 3 heteroatoms. The van der Waals surface area contributed by atoms with Crippen LogP contribution in [-0.4, -0.2) is 5.91 Å². The van der Waals surface area contributed by atoms with Gasteiger partial charge in [-0.25, -0.2) is 0 Å². The lowest BCUT2D eigenvalue weighted by Gasteiger charge is -2.09. The van der Waals surface area contributed by atoms with Gasteiger partial charge in [-0.15, -0.1) is 0 Å². The van der Waals surface area contributed by atoms with Gasteiger partial charge in [0.2, 0.25) is 0 Å². The Morgan fingerprint density at radius 2 is 1.43 bits per heavy atom. The summed E-state index contributed by atoms with van der Waals surface area (Å²) in [4.78, 5) is 12.2. The number of carbonyl (C=O) groups excluding carboxylic acids is 1. The molecule has 0 aliphatic carbocycles. The molecule has 3 N–H and O–H groups in total. The van der Waals surface area contributed by atoms with Gasteiger partial charge < -0.3 is 11.1 Å². The number of nitrogens with one attached hydrogen (secondary N) is 1. The minimum absolute atomic E-state index is 0.00155. The van der Waals surface area contributed by atoms with Gasteiger partial charge in [0, 0.05) is 17.3 Å². The van der Waals surface area contributed by atoms with Crippen molar-refractivity contribution < 1.29 is 4.79 Å². The molecular weight excluding hydrogens is 260 g/mol. The van der Waals surface area contributed by atoms with E-state index in [-0.39, 0.29) is 11.9 Å². The second-order valence-corrected chi connectivity index (χ2v) is 5.64. The molecule has 1 amide bonds. The lowest BCUT2D eigenvalue weighted by atomic mass is 10.0. The van der Waals surface area contributed by atoms with E-state index in [2.05, 4.69) is 19.2 Å². The van der Waals surface area contributed by atoms with Crippen LogP contribution in [-0.2, 0) is 0 Å². The Bertz CT molecular complexity index is 598. The Hall–Kier alpha value is -2.13. The summed E-state index contributed by atoms with van der Waals surface area (Å²) < 4.78 is 0. The van der Waals surface area contributed by atoms with Gasteiger partial charge in [0.1, 0.15) is 0 Å². The lowest BCUT2D eigenvalue weighted by Crippen LogP contribution is -2.12. The van der Waals surface area contributed by atoms with Gasteiger partial charge in [-0.3, -0.25) is 4.79 Å². The Labute approximate surface area is 126 Å². The number of hydrogen-bond acceptors (Lipinski definition) is 2. The van der Waals surface area contributed by atoms with Crippen LogP contribution in [0.25, 0.3) is 0 Å². The highest BCUT2D eigenvalue weighted by Gasteiger charge is 2.07. The van der Waals surface area contributed by atoms with Crippen LogP contribution >= 0.6 is 0 Å². The Balaban J connectivity index is 2.06. The summed E-state index contributed by atoms with van der Waals surface area (Å²) in [5.41, 5.74) is 9.52. The molecule has 0 fully saturated rings. The van der Waals surface area contributed by atoms with Crippen molar-refractivity contribution in [3.8, 4) is 0 Å². The van der Waals surface area contributed by atoms with Crippen molar-refractivity contribution in [1.82, 2.24) is 0 Å². The van der Waals surface area contributed by atoms with E-state index in [1.807, 2.05) is 55.5 Å². The molecule has 0 bridgehead atoms. The first-order valence-electron chi connectivity index (χ1n) is 7.24. The standard InChI is InChI=1S/C18H22N2O/c1-12(2)14-4-6-16(7-5-14)18(21)20-17-10-8-15(9-11-17)13(3)19/h4-13H,19H2,1-3H3,(H,20,21). The average molecular weight is 282 g/mol. The topological polar surface area (TPSA) is 55.1 Å². The number of anilines is 1. The average Bonchev–Trinajstić information content (AvgIpc) is 2.47. The molecule has 0 heterocycles. The van der Waals surface area contributed by atoms with E-state index < -0.39 is 0 Å². The fourth-order valence-corrected chi connectivity index (χ4v) is 2.09. The third-order valence-corrected chi connectivity index (χ3v) is 3.53. The molecule has 2 aromatic rings. The smallest absolute Gasteiger partial charge is 0.255 e. The number of benzene rings is 2. The molecule has 110 valence electrons. The maximum Gasteiger partial charge on any atom is 0.255 e. The monoisotopic (exact) mass is 282 g/mol. The van der Waals surface area contributed by atoms with E-state index in [0.29, 0.717) is 11.5 Å². The number of nitrogens with two attached hydrogens (primary N) is 1. The Kier molecular flexibility index (Phi) is 4.76. The normalized spacial score (nSPS) is 12.2. The van der Waals surface area contributed by atoms with Gasteiger partial charge >= 0.3 is 0 Å². The largest absolute Gasteiger partial charge is 0.324 e. The van der Waals surface area contributed by atoms with Crippen molar-refractivity contribution in [3.63, 3.8) is 0 Å². The molecule has 0 radical (unpaired) electrons. The fourth-order valence-electron chi connectivity index (χ4n) is 2.09. The summed E-state index contributed by atoms with van der Waals surface area (Å²) in [6.45, 7) is 6.20. The van der Waals surface area contributed by atoms with Crippen LogP contribution in [0.2, 0.25) is 0 Å². The molecule has 1 atom stereocenters. The van der Waals surface area contributed by atoms with Gasteiger partial charge in [0.05, 0.1) is 0 Å². The maximum atomic E-state index is 12.2. The van der Waals surface area contributed by atoms with Crippen molar-refractivity contribution in [2.45, 2.75) is 32.7 Å².